The Morgan fingerprint density at radius 3 is 2.68 bits per heavy atom. The number of amides is 1. The molecule has 31 heavy (non-hydrogen) atoms. The predicted octanol–water partition coefficient (Wildman–Crippen LogP) is 3.07. The Morgan fingerprint density at radius 2 is 1.90 bits per heavy atom. The van der Waals surface area contributed by atoms with Crippen molar-refractivity contribution >= 4 is 40.0 Å². The summed E-state index contributed by atoms with van der Waals surface area (Å²) in [5.74, 6) is 1.42. The standard InChI is InChI=1S/C22H18ClN7O/c1-14-26-27-20-18-6-5-17(23)12-19(18)25-22(30(14)20)29-9-7-28(8-10-29)21(31)16-4-2-3-15(11-16)13-24/h2-6,11-12H,7-10H2,1H3. The van der Waals surface area contributed by atoms with Crippen LogP contribution in [0.25, 0.3) is 16.6 Å². The number of hydrogen-bond donors (Lipinski definition) is 0. The Morgan fingerprint density at radius 1 is 1.10 bits per heavy atom. The molecule has 0 saturated carbocycles. The number of piperazine rings is 1. The number of rotatable bonds is 2. The molecule has 1 amide bonds. The van der Waals surface area contributed by atoms with Gasteiger partial charge in [0.05, 0.1) is 17.1 Å². The number of carbonyl (C=O) groups excluding carboxylic acids is 1. The fourth-order valence-corrected chi connectivity index (χ4v) is 4.11. The monoisotopic (exact) mass is 431 g/mol. The third-order valence-corrected chi connectivity index (χ3v) is 5.77. The Balaban J connectivity index is 1.44. The zero-order chi connectivity index (χ0) is 21.5. The molecule has 0 unspecified atom stereocenters. The lowest BCUT2D eigenvalue weighted by molar-refractivity contribution is 0.0746. The van der Waals surface area contributed by atoms with Gasteiger partial charge >= 0.3 is 0 Å². The molecular formula is C22H18ClN7O. The average molecular weight is 432 g/mol. The quantitative estimate of drug-likeness (QED) is 0.484. The number of nitriles is 1. The number of hydrogen-bond acceptors (Lipinski definition) is 6. The molecule has 1 fully saturated rings. The second kappa shape index (κ2) is 7.52. The number of fused-ring (bicyclic) bond motifs is 3. The van der Waals surface area contributed by atoms with Crippen molar-refractivity contribution in [3.05, 3.63) is 64.4 Å². The fourth-order valence-electron chi connectivity index (χ4n) is 3.95. The van der Waals surface area contributed by atoms with Crippen molar-refractivity contribution in [1.29, 1.82) is 5.26 Å². The van der Waals surface area contributed by atoms with E-state index in [4.69, 9.17) is 21.8 Å². The molecule has 9 heteroatoms. The molecule has 1 aliphatic heterocycles. The smallest absolute Gasteiger partial charge is 0.254 e. The second-order valence-corrected chi connectivity index (χ2v) is 7.89. The van der Waals surface area contributed by atoms with Crippen molar-refractivity contribution in [2.24, 2.45) is 0 Å². The number of anilines is 1. The Hall–Kier alpha value is -3.70. The number of aryl methyl sites for hydroxylation is 1. The van der Waals surface area contributed by atoms with E-state index in [0.29, 0.717) is 42.3 Å². The molecule has 0 N–H and O–H groups in total. The minimum Gasteiger partial charge on any atom is -0.338 e. The van der Waals surface area contributed by atoms with Crippen LogP contribution in [0.4, 0.5) is 5.95 Å². The molecule has 4 aromatic rings. The molecule has 0 spiro atoms. The average Bonchev–Trinajstić information content (AvgIpc) is 3.19. The van der Waals surface area contributed by atoms with Crippen molar-refractivity contribution in [1.82, 2.24) is 24.5 Å². The lowest BCUT2D eigenvalue weighted by Crippen LogP contribution is -2.49. The molecule has 154 valence electrons. The minimum absolute atomic E-state index is 0.0689. The highest BCUT2D eigenvalue weighted by Gasteiger charge is 2.26. The number of aromatic nitrogens is 4. The molecule has 8 nitrogen and oxygen atoms in total. The Bertz CT molecular complexity index is 1370. The summed E-state index contributed by atoms with van der Waals surface area (Å²) in [6, 6.07) is 14.4. The Kier molecular flexibility index (Phi) is 4.68. The van der Waals surface area contributed by atoms with Crippen LogP contribution in [0, 0.1) is 18.3 Å². The largest absolute Gasteiger partial charge is 0.338 e. The number of carbonyl (C=O) groups is 1. The number of halogens is 1. The van der Waals surface area contributed by atoms with E-state index in [1.54, 1.807) is 29.2 Å². The molecular weight excluding hydrogens is 414 g/mol. The van der Waals surface area contributed by atoms with Crippen molar-refractivity contribution < 1.29 is 4.79 Å². The zero-order valence-electron chi connectivity index (χ0n) is 16.8. The summed E-state index contributed by atoms with van der Waals surface area (Å²) in [6.07, 6.45) is 0. The summed E-state index contributed by atoms with van der Waals surface area (Å²) >= 11 is 6.19. The van der Waals surface area contributed by atoms with Gasteiger partial charge in [-0.15, -0.1) is 10.2 Å². The van der Waals surface area contributed by atoms with Gasteiger partial charge in [-0.25, -0.2) is 9.38 Å². The van der Waals surface area contributed by atoms with Crippen LogP contribution >= 0.6 is 11.6 Å². The van der Waals surface area contributed by atoms with Gasteiger partial charge in [-0.1, -0.05) is 17.7 Å². The summed E-state index contributed by atoms with van der Waals surface area (Å²) < 4.78 is 1.95. The lowest BCUT2D eigenvalue weighted by Gasteiger charge is -2.35. The maximum atomic E-state index is 12.9. The summed E-state index contributed by atoms with van der Waals surface area (Å²) in [5.41, 5.74) is 2.51. The molecule has 3 heterocycles. The first kappa shape index (κ1) is 19.3. The van der Waals surface area contributed by atoms with E-state index < -0.39 is 0 Å². The summed E-state index contributed by atoms with van der Waals surface area (Å²) in [4.78, 5) is 21.7. The maximum absolute atomic E-state index is 12.9. The van der Waals surface area contributed by atoms with Gasteiger partial charge < -0.3 is 9.80 Å². The Labute approximate surface area is 183 Å². The third kappa shape index (κ3) is 3.33. The van der Waals surface area contributed by atoms with Gasteiger partial charge in [0.2, 0.25) is 5.95 Å². The van der Waals surface area contributed by atoms with Crippen molar-refractivity contribution in [3.8, 4) is 6.07 Å². The van der Waals surface area contributed by atoms with Gasteiger partial charge in [0.25, 0.3) is 5.91 Å². The molecule has 0 aliphatic carbocycles. The number of nitrogens with zero attached hydrogens (tertiary/aromatic N) is 7. The van der Waals surface area contributed by atoms with E-state index in [9.17, 15) is 4.79 Å². The molecule has 1 saturated heterocycles. The van der Waals surface area contributed by atoms with E-state index in [1.807, 2.05) is 29.5 Å². The fraction of sp³-hybridized carbons (Fsp3) is 0.227. The van der Waals surface area contributed by atoms with Crippen molar-refractivity contribution in [2.45, 2.75) is 6.92 Å². The van der Waals surface area contributed by atoms with E-state index >= 15 is 0 Å². The summed E-state index contributed by atoms with van der Waals surface area (Å²) in [6.45, 7) is 4.24. The van der Waals surface area contributed by atoms with Crippen LogP contribution in [0.1, 0.15) is 21.7 Å². The number of benzene rings is 2. The molecule has 2 aromatic carbocycles. The highest BCUT2D eigenvalue weighted by atomic mass is 35.5. The van der Waals surface area contributed by atoms with Gasteiger partial charge in [-0.2, -0.15) is 5.26 Å². The van der Waals surface area contributed by atoms with E-state index in [-0.39, 0.29) is 5.91 Å². The molecule has 0 bridgehead atoms. The van der Waals surface area contributed by atoms with Gasteiger partial charge in [-0.3, -0.25) is 4.79 Å². The second-order valence-electron chi connectivity index (χ2n) is 7.45. The van der Waals surface area contributed by atoms with Gasteiger partial charge in [-0.05, 0) is 43.3 Å². The highest BCUT2D eigenvalue weighted by molar-refractivity contribution is 6.31. The van der Waals surface area contributed by atoms with Crippen LogP contribution in [0.5, 0.6) is 0 Å². The van der Waals surface area contributed by atoms with Crippen LogP contribution < -0.4 is 4.90 Å². The van der Waals surface area contributed by atoms with E-state index in [2.05, 4.69) is 21.2 Å². The minimum atomic E-state index is -0.0689. The van der Waals surface area contributed by atoms with E-state index in [1.165, 1.54) is 0 Å². The zero-order valence-corrected chi connectivity index (χ0v) is 17.5. The van der Waals surface area contributed by atoms with Crippen molar-refractivity contribution in [2.75, 3.05) is 31.1 Å². The molecule has 2 aromatic heterocycles. The third-order valence-electron chi connectivity index (χ3n) is 5.53. The van der Waals surface area contributed by atoms with Crippen molar-refractivity contribution in [3.63, 3.8) is 0 Å². The normalized spacial score (nSPS) is 14.2. The van der Waals surface area contributed by atoms with Crippen LogP contribution in [0.15, 0.2) is 42.5 Å². The molecule has 0 atom stereocenters. The topological polar surface area (TPSA) is 90.4 Å². The summed E-state index contributed by atoms with van der Waals surface area (Å²) in [5, 5.41) is 19.2. The van der Waals surface area contributed by atoms with Crippen LogP contribution in [0.3, 0.4) is 0 Å². The summed E-state index contributed by atoms with van der Waals surface area (Å²) in [7, 11) is 0. The van der Waals surface area contributed by atoms with Crippen LogP contribution in [-0.2, 0) is 0 Å². The molecule has 0 radical (unpaired) electrons. The highest BCUT2D eigenvalue weighted by Crippen LogP contribution is 2.27. The van der Waals surface area contributed by atoms with Gasteiger partial charge in [0.15, 0.2) is 5.65 Å². The van der Waals surface area contributed by atoms with Crippen LogP contribution in [0.2, 0.25) is 5.02 Å². The first-order chi connectivity index (χ1) is 15.0. The predicted molar refractivity (Wildman–Crippen MR) is 117 cm³/mol. The molecule has 1 aliphatic rings. The maximum Gasteiger partial charge on any atom is 0.254 e. The first-order valence-electron chi connectivity index (χ1n) is 9.90. The van der Waals surface area contributed by atoms with Crippen LogP contribution in [-0.4, -0.2) is 56.6 Å². The first-order valence-corrected chi connectivity index (χ1v) is 10.3. The van der Waals surface area contributed by atoms with Gasteiger partial charge in [0, 0.05) is 42.2 Å². The molecule has 5 rings (SSSR count). The van der Waals surface area contributed by atoms with E-state index in [0.717, 1.165) is 28.3 Å². The SMILES string of the molecule is Cc1nnc2c3ccc(Cl)cc3nc(N3CCN(C(=O)c4cccc(C#N)c4)CC3)n12. The lowest BCUT2D eigenvalue weighted by atomic mass is 10.1. The van der Waals surface area contributed by atoms with Gasteiger partial charge in [0.1, 0.15) is 5.82 Å².